The molecule has 0 aliphatic heterocycles. The van der Waals surface area contributed by atoms with Crippen LogP contribution < -0.4 is 5.73 Å². The summed E-state index contributed by atoms with van der Waals surface area (Å²) in [4.78, 5) is 7.19. The molecule has 0 saturated carbocycles. The van der Waals surface area contributed by atoms with E-state index in [1.165, 1.54) is 7.05 Å². The highest BCUT2D eigenvalue weighted by atomic mass is 19.4. The van der Waals surface area contributed by atoms with Crippen LogP contribution in [0, 0.1) is 0 Å². The second-order valence-electron chi connectivity index (χ2n) is 2.93. The zero-order valence-electron chi connectivity index (χ0n) is 7.58. The van der Waals surface area contributed by atoms with Crippen LogP contribution in [0.15, 0.2) is 6.33 Å². The maximum Gasteiger partial charge on any atom is 0.435 e. The molecular weight excluding hydrogens is 211 g/mol. The van der Waals surface area contributed by atoms with Gasteiger partial charge in [-0.3, -0.25) is 0 Å². The summed E-state index contributed by atoms with van der Waals surface area (Å²) in [5.41, 5.74) is 4.37. The lowest BCUT2D eigenvalue weighted by atomic mass is 10.3. The van der Waals surface area contributed by atoms with Crippen LogP contribution in [0.3, 0.4) is 0 Å². The number of alkyl halides is 3. The van der Waals surface area contributed by atoms with Crippen molar-refractivity contribution in [2.75, 3.05) is 5.73 Å². The third-order valence-corrected chi connectivity index (χ3v) is 1.92. The molecule has 0 saturated heterocycles. The molecule has 2 heterocycles. The topological polar surface area (TPSA) is 69.6 Å². The largest absolute Gasteiger partial charge is 0.435 e. The highest BCUT2D eigenvalue weighted by Crippen LogP contribution is 2.34. The van der Waals surface area contributed by atoms with Crippen molar-refractivity contribution >= 4 is 16.9 Å². The predicted molar refractivity (Wildman–Crippen MR) is 45.7 cm³/mol. The number of nitrogens with zero attached hydrogens (tertiary/aromatic N) is 4. The van der Waals surface area contributed by atoms with Crippen molar-refractivity contribution in [3.63, 3.8) is 0 Å². The second kappa shape index (κ2) is 2.81. The molecular formula is C7H6F3N5. The van der Waals surface area contributed by atoms with Crippen LogP contribution in [0.2, 0.25) is 0 Å². The van der Waals surface area contributed by atoms with E-state index in [2.05, 4.69) is 15.1 Å². The Morgan fingerprint density at radius 1 is 1.33 bits per heavy atom. The smallest absolute Gasteiger partial charge is 0.383 e. The first-order valence-electron chi connectivity index (χ1n) is 3.91. The molecule has 0 radical (unpaired) electrons. The third-order valence-electron chi connectivity index (χ3n) is 1.92. The molecule has 2 N–H and O–H groups in total. The lowest BCUT2D eigenvalue weighted by Crippen LogP contribution is -2.08. The first kappa shape index (κ1) is 9.69. The minimum atomic E-state index is -4.56. The Kier molecular flexibility index (Phi) is 1.82. The summed E-state index contributed by atoms with van der Waals surface area (Å²) in [6.07, 6.45) is -3.46. The van der Waals surface area contributed by atoms with Crippen molar-refractivity contribution in [2.45, 2.75) is 6.18 Å². The first-order valence-corrected chi connectivity index (χ1v) is 3.91. The van der Waals surface area contributed by atoms with Crippen molar-refractivity contribution in [3.8, 4) is 0 Å². The van der Waals surface area contributed by atoms with Gasteiger partial charge >= 0.3 is 6.18 Å². The quantitative estimate of drug-likeness (QED) is 0.713. The fourth-order valence-electron chi connectivity index (χ4n) is 1.31. The highest BCUT2D eigenvalue weighted by molar-refractivity contribution is 5.88. The molecule has 0 spiro atoms. The van der Waals surface area contributed by atoms with Crippen LogP contribution in [-0.4, -0.2) is 19.7 Å². The molecule has 8 heteroatoms. The molecule has 2 aromatic heterocycles. The normalized spacial score (nSPS) is 12.3. The summed E-state index contributed by atoms with van der Waals surface area (Å²) < 4.78 is 38.6. The van der Waals surface area contributed by atoms with Gasteiger partial charge in [0, 0.05) is 7.05 Å². The Labute approximate surface area is 81.7 Å². The highest BCUT2D eigenvalue weighted by Gasteiger charge is 2.37. The number of halogens is 3. The number of aromatic nitrogens is 4. The van der Waals surface area contributed by atoms with Gasteiger partial charge in [0.05, 0.1) is 5.39 Å². The number of aryl methyl sites for hydroxylation is 1. The van der Waals surface area contributed by atoms with Crippen LogP contribution in [-0.2, 0) is 13.2 Å². The molecule has 2 aromatic rings. The number of hydrogen-bond donors (Lipinski definition) is 1. The Bertz CT molecular complexity index is 515. The Balaban J connectivity index is 2.88. The average molecular weight is 217 g/mol. The van der Waals surface area contributed by atoms with Crippen LogP contribution in [0.25, 0.3) is 11.0 Å². The van der Waals surface area contributed by atoms with Gasteiger partial charge in [-0.05, 0) is 0 Å². The van der Waals surface area contributed by atoms with E-state index >= 15 is 0 Å². The van der Waals surface area contributed by atoms with E-state index in [0.717, 1.165) is 11.0 Å². The first-order chi connectivity index (χ1) is 6.91. The molecule has 0 aromatic carbocycles. The van der Waals surface area contributed by atoms with Crippen LogP contribution >= 0.6 is 0 Å². The number of nitrogen functional groups attached to an aromatic ring is 1. The van der Waals surface area contributed by atoms with Crippen molar-refractivity contribution in [3.05, 3.63) is 12.0 Å². The van der Waals surface area contributed by atoms with E-state index < -0.39 is 11.9 Å². The summed E-state index contributed by atoms with van der Waals surface area (Å²) in [5, 5.41) is 3.07. The number of hydrogen-bond acceptors (Lipinski definition) is 4. The SMILES string of the molecule is Cn1nc(C(F)(F)F)c2c(N)ncnc21. The molecule has 0 aliphatic carbocycles. The minimum absolute atomic E-state index is 0.0647. The Morgan fingerprint density at radius 3 is 2.60 bits per heavy atom. The van der Waals surface area contributed by atoms with Gasteiger partial charge in [-0.1, -0.05) is 0 Å². The molecule has 2 rings (SSSR count). The van der Waals surface area contributed by atoms with Gasteiger partial charge in [-0.25, -0.2) is 14.6 Å². The summed E-state index contributed by atoms with van der Waals surface area (Å²) in [5.74, 6) is -0.222. The zero-order chi connectivity index (χ0) is 11.2. The van der Waals surface area contributed by atoms with Gasteiger partial charge < -0.3 is 5.73 Å². The van der Waals surface area contributed by atoms with E-state index in [0.29, 0.717) is 0 Å². The standard InChI is InChI=1S/C7H6F3N5/c1-15-6-3(5(11)12-2-13-6)4(14-15)7(8,9)10/h2H,1H3,(H2,11,12,13). The number of rotatable bonds is 0. The fourth-order valence-corrected chi connectivity index (χ4v) is 1.31. The lowest BCUT2D eigenvalue weighted by Gasteiger charge is -2.02. The van der Waals surface area contributed by atoms with Crippen molar-refractivity contribution in [2.24, 2.45) is 7.05 Å². The van der Waals surface area contributed by atoms with Crippen LogP contribution in [0.4, 0.5) is 19.0 Å². The fraction of sp³-hybridized carbons (Fsp3) is 0.286. The lowest BCUT2D eigenvalue weighted by molar-refractivity contribution is -0.140. The van der Waals surface area contributed by atoms with Gasteiger partial charge in [0.25, 0.3) is 0 Å². The second-order valence-corrected chi connectivity index (χ2v) is 2.93. The molecule has 5 nitrogen and oxygen atoms in total. The Hall–Kier alpha value is -1.86. The number of fused-ring (bicyclic) bond motifs is 1. The van der Waals surface area contributed by atoms with Gasteiger partial charge in [0.15, 0.2) is 11.3 Å². The molecule has 0 amide bonds. The summed E-state index contributed by atoms with van der Waals surface area (Å²) in [6.45, 7) is 0. The van der Waals surface area contributed by atoms with Crippen molar-refractivity contribution < 1.29 is 13.2 Å². The van der Waals surface area contributed by atoms with Gasteiger partial charge in [0.1, 0.15) is 12.1 Å². The van der Waals surface area contributed by atoms with Gasteiger partial charge in [-0.15, -0.1) is 0 Å². The monoisotopic (exact) mass is 217 g/mol. The molecule has 80 valence electrons. The summed E-state index contributed by atoms with van der Waals surface area (Å²) in [6, 6.07) is 0. The Morgan fingerprint density at radius 2 is 2.00 bits per heavy atom. The van der Waals surface area contributed by atoms with E-state index in [-0.39, 0.29) is 16.9 Å². The molecule has 15 heavy (non-hydrogen) atoms. The van der Waals surface area contributed by atoms with E-state index in [9.17, 15) is 13.2 Å². The predicted octanol–water partition coefficient (Wildman–Crippen LogP) is 0.964. The van der Waals surface area contributed by atoms with Crippen LogP contribution in [0.1, 0.15) is 5.69 Å². The summed E-state index contributed by atoms with van der Waals surface area (Å²) >= 11 is 0. The van der Waals surface area contributed by atoms with Gasteiger partial charge in [0.2, 0.25) is 0 Å². The van der Waals surface area contributed by atoms with E-state index in [1.807, 2.05) is 0 Å². The molecule has 0 aliphatic rings. The molecule has 0 unspecified atom stereocenters. The molecule has 0 fully saturated rings. The third kappa shape index (κ3) is 1.37. The van der Waals surface area contributed by atoms with Crippen molar-refractivity contribution in [1.82, 2.24) is 19.7 Å². The average Bonchev–Trinajstić information content (AvgIpc) is 2.45. The molecule has 0 bridgehead atoms. The van der Waals surface area contributed by atoms with E-state index in [1.54, 1.807) is 0 Å². The maximum absolute atomic E-state index is 12.5. The molecule has 0 atom stereocenters. The van der Waals surface area contributed by atoms with Crippen molar-refractivity contribution in [1.29, 1.82) is 0 Å². The zero-order valence-corrected chi connectivity index (χ0v) is 7.58. The van der Waals surface area contributed by atoms with Crippen LogP contribution in [0.5, 0.6) is 0 Å². The minimum Gasteiger partial charge on any atom is -0.383 e. The van der Waals surface area contributed by atoms with Gasteiger partial charge in [-0.2, -0.15) is 18.3 Å². The maximum atomic E-state index is 12.5. The summed E-state index contributed by atoms with van der Waals surface area (Å²) in [7, 11) is 1.37. The van der Waals surface area contributed by atoms with E-state index in [4.69, 9.17) is 5.73 Å². The number of nitrogens with two attached hydrogens (primary N) is 1. The number of anilines is 1.